The average molecular weight is 280 g/mol. The highest BCUT2D eigenvalue weighted by Gasteiger charge is 2.23. The van der Waals surface area contributed by atoms with E-state index in [9.17, 15) is 4.79 Å². The van der Waals surface area contributed by atoms with Crippen molar-refractivity contribution in [2.45, 2.75) is 45.2 Å². The van der Waals surface area contributed by atoms with E-state index in [2.05, 4.69) is 15.5 Å². The number of nitrogens with zero attached hydrogens (tertiary/aromatic N) is 2. The van der Waals surface area contributed by atoms with Gasteiger partial charge >= 0.3 is 6.03 Å². The lowest BCUT2D eigenvalue weighted by molar-refractivity contribution is 0.0523. The maximum Gasteiger partial charge on any atom is 0.317 e. The van der Waals surface area contributed by atoms with Crippen LogP contribution in [0.2, 0.25) is 0 Å². The summed E-state index contributed by atoms with van der Waals surface area (Å²) < 4.78 is 5.32. The summed E-state index contributed by atoms with van der Waals surface area (Å²) in [5, 5.41) is 10.1. The Hall–Kier alpha value is -1.56. The molecule has 112 valence electrons. The summed E-state index contributed by atoms with van der Waals surface area (Å²) in [6.07, 6.45) is 2.56. The molecule has 0 radical (unpaired) electrons. The second-order valence-electron chi connectivity index (χ2n) is 5.55. The monoisotopic (exact) mass is 280 g/mol. The molecule has 0 aliphatic carbocycles. The number of H-pyrrole nitrogens is 1. The lowest BCUT2D eigenvalue weighted by Crippen LogP contribution is -2.48. The van der Waals surface area contributed by atoms with Crippen LogP contribution in [0.15, 0.2) is 6.07 Å². The maximum absolute atomic E-state index is 12.2. The first-order chi connectivity index (χ1) is 9.56. The third kappa shape index (κ3) is 3.96. The van der Waals surface area contributed by atoms with E-state index < -0.39 is 0 Å². The predicted octanol–water partition coefficient (Wildman–Crippen LogP) is 1.47. The Balaban J connectivity index is 1.80. The minimum atomic E-state index is -0.0170. The first kappa shape index (κ1) is 14.8. The van der Waals surface area contributed by atoms with Gasteiger partial charge in [-0.05, 0) is 32.8 Å². The van der Waals surface area contributed by atoms with Crippen LogP contribution < -0.4 is 5.32 Å². The van der Waals surface area contributed by atoms with Crippen molar-refractivity contribution in [3.05, 3.63) is 17.5 Å². The Morgan fingerprint density at radius 1 is 1.60 bits per heavy atom. The summed E-state index contributed by atoms with van der Waals surface area (Å²) >= 11 is 0. The van der Waals surface area contributed by atoms with Crippen molar-refractivity contribution in [2.75, 3.05) is 20.3 Å². The molecule has 1 aliphatic heterocycles. The number of urea groups is 1. The van der Waals surface area contributed by atoms with Crippen LogP contribution in [-0.2, 0) is 11.2 Å². The molecule has 2 heterocycles. The van der Waals surface area contributed by atoms with Gasteiger partial charge in [-0.3, -0.25) is 5.10 Å². The van der Waals surface area contributed by atoms with Crippen LogP contribution in [0, 0.1) is 6.92 Å². The van der Waals surface area contributed by atoms with E-state index in [1.165, 1.54) is 0 Å². The topological polar surface area (TPSA) is 70.2 Å². The minimum absolute atomic E-state index is 0.0170. The molecule has 2 N–H and O–H groups in total. The van der Waals surface area contributed by atoms with E-state index in [1.807, 2.05) is 27.0 Å². The zero-order valence-electron chi connectivity index (χ0n) is 12.5. The molecule has 0 bridgehead atoms. The number of carbonyl (C=O) groups is 1. The summed E-state index contributed by atoms with van der Waals surface area (Å²) in [5.41, 5.74) is 2.02. The van der Waals surface area contributed by atoms with Gasteiger partial charge in [-0.25, -0.2) is 4.79 Å². The van der Waals surface area contributed by atoms with Crippen molar-refractivity contribution in [1.29, 1.82) is 0 Å². The third-order valence-electron chi connectivity index (χ3n) is 3.70. The van der Waals surface area contributed by atoms with Gasteiger partial charge in [0.05, 0.1) is 5.69 Å². The second-order valence-corrected chi connectivity index (χ2v) is 5.55. The molecule has 6 nitrogen and oxygen atoms in total. The van der Waals surface area contributed by atoms with Crippen molar-refractivity contribution >= 4 is 6.03 Å². The zero-order valence-corrected chi connectivity index (χ0v) is 12.5. The van der Waals surface area contributed by atoms with E-state index in [0.29, 0.717) is 0 Å². The smallest absolute Gasteiger partial charge is 0.317 e. The highest BCUT2D eigenvalue weighted by Crippen LogP contribution is 2.13. The van der Waals surface area contributed by atoms with E-state index in [4.69, 9.17) is 4.74 Å². The fourth-order valence-electron chi connectivity index (χ4n) is 2.49. The Morgan fingerprint density at radius 3 is 2.90 bits per heavy atom. The number of nitrogens with one attached hydrogen (secondary N) is 2. The van der Waals surface area contributed by atoms with Crippen LogP contribution in [0.4, 0.5) is 4.79 Å². The Labute approximate surface area is 119 Å². The van der Waals surface area contributed by atoms with Gasteiger partial charge in [0, 0.05) is 44.5 Å². The van der Waals surface area contributed by atoms with E-state index >= 15 is 0 Å². The van der Waals surface area contributed by atoms with Crippen LogP contribution in [-0.4, -0.2) is 53.5 Å². The van der Waals surface area contributed by atoms with Crippen molar-refractivity contribution in [1.82, 2.24) is 20.4 Å². The molecule has 6 heteroatoms. The van der Waals surface area contributed by atoms with Crippen LogP contribution in [0.25, 0.3) is 0 Å². The molecule has 0 unspecified atom stereocenters. The number of aromatic amines is 1. The first-order valence-corrected chi connectivity index (χ1v) is 7.18. The van der Waals surface area contributed by atoms with Gasteiger partial charge in [-0.2, -0.15) is 5.10 Å². The number of hydrogen-bond acceptors (Lipinski definition) is 3. The molecule has 0 saturated carbocycles. The van der Waals surface area contributed by atoms with Crippen molar-refractivity contribution in [3.63, 3.8) is 0 Å². The lowest BCUT2D eigenvalue weighted by Gasteiger charge is -2.32. The molecular weight excluding hydrogens is 256 g/mol. The second kappa shape index (κ2) is 6.74. The van der Waals surface area contributed by atoms with Crippen LogP contribution in [0.5, 0.6) is 0 Å². The molecule has 1 saturated heterocycles. The fourth-order valence-corrected chi connectivity index (χ4v) is 2.49. The van der Waals surface area contributed by atoms with E-state index in [-0.39, 0.29) is 18.1 Å². The average Bonchev–Trinajstić information content (AvgIpc) is 2.84. The fraction of sp³-hybridized carbons (Fsp3) is 0.714. The number of aromatic nitrogens is 2. The molecular formula is C14H24N4O2. The Bertz CT molecular complexity index is 440. The number of ether oxygens (including phenoxy) is 1. The summed E-state index contributed by atoms with van der Waals surface area (Å²) in [6, 6.07) is 2.33. The molecule has 1 aromatic heterocycles. The number of amides is 2. The number of hydrogen-bond donors (Lipinski definition) is 2. The van der Waals surface area contributed by atoms with Gasteiger partial charge in [0.15, 0.2) is 0 Å². The minimum Gasteiger partial charge on any atom is -0.381 e. The van der Waals surface area contributed by atoms with Gasteiger partial charge in [0.25, 0.3) is 0 Å². The van der Waals surface area contributed by atoms with Crippen molar-refractivity contribution < 1.29 is 9.53 Å². The first-order valence-electron chi connectivity index (χ1n) is 7.18. The zero-order chi connectivity index (χ0) is 14.5. The molecule has 1 aliphatic rings. The Kier molecular flexibility index (Phi) is 5.00. The molecule has 1 fully saturated rings. The van der Waals surface area contributed by atoms with Crippen molar-refractivity contribution in [2.24, 2.45) is 0 Å². The molecule has 2 rings (SSSR count). The summed E-state index contributed by atoms with van der Waals surface area (Å²) in [4.78, 5) is 14.0. The number of aryl methyl sites for hydroxylation is 1. The predicted molar refractivity (Wildman–Crippen MR) is 76.6 cm³/mol. The Morgan fingerprint density at radius 2 is 2.30 bits per heavy atom. The van der Waals surface area contributed by atoms with Crippen molar-refractivity contribution in [3.8, 4) is 0 Å². The standard InChI is InChI=1S/C14H24N4O2/c1-10(8-12-9-11(2)16-17-12)15-14(19)18(3)13-4-6-20-7-5-13/h9-10,13H,4-8H2,1-3H3,(H,15,19)(H,16,17)/t10-/m0/s1. The molecule has 1 aromatic rings. The van der Waals surface area contributed by atoms with Gasteiger partial charge in [-0.15, -0.1) is 0 Å². The maximum atomic E-state index is 12.2. The molecule has 0 spiro atoms. The summed E-state index contributed by atoms with van der Waals surface area (Å²) in [5.74, 6) is 0. The molecule has 0 aromatic carbocycles. The van der Waals surface area contributed by atoms with E-state index in [0.717, 1.165) is 43.9 Å². The highest BCUT2D eigenvalue weighted by molar-refractivity contribution is 5.74. The summed E-state index contributed by atoms with van der Waals surface area (Å²) in [6.45, 7) is 5.45. The SMILES string of the molecule is Cc1cc(C[C@H](C)NC(=O)N(C)C2CCOCC2)n[nH]1. The molecule has 2 amide bonds. The van der Waals surface area contributed by atoms with E-state index in [1.54, 1.807) is 4.90 Å². The highest BCUT2D eigenvalue weighted by atomic mass is 16.5. The largest absolute Gasteiger partial charge is 0.381 e. The molecule has 20 heavy (non-hydrogen) atoms. The van der Waals surface area contributed by atoms with Gasteiger partial charge in [-0.1, -0.05) is 0 Å². The van der Waals surface area contributed by atoms with Gasteiger partial charge in [0.2, 0.25) is 0 Å². The summed E-state index contributed by atoms with van der Waals surface area (Å²) in [7, 11) is 1.86. The van der Waals surface area contributed by atoms with Crippen LogP contribution in [0.3, 0.4) is 0 Å². The van der Waals surface area contributed by atoms with Gasteiger partial charge < -0.3 is 15.0 Å². The van der Waals surface area contributed by atoms with Crippen LogP contribution in [0.1, 0.15) is 31.2 Å². The molecule has 1 atom stereocenters. The lowest BCUT2D eigenvalue weighted by atomic mass is 10.1. The quantitative estimate of drug-likeness (QED) is 0.877. The number of carbonyl (C=O) groups excluding carboxylic acids is 1. The number of rotatable bonds is 4. The normalized spacial score (nSPS) is 17.8. The van der Waals surface area contributed by atoms with Gasteiger partial charge in [0.1, 0.15) is 0 Å². The van der Waals surface area contributed by atoms with Crippen LogP contribution >= 0.6 is 0 Å². The third-order valence-corrected chi connectivity index (χ3v) is 3.70.